The molecule has 1 fully saturated rings. The van der Waals surface area contributed by atoms with Gasteiger partial charge in [-0.05, 0) is 18.9 Å². The van der Waals surface area contributed by atoms with Gasteiger partial charge in [-0.25, -0.2) is 9.78 Å². The maximum absolute atomic E-state index is 10.8. The minimum Gasteiger partial charge on any atom is -0.478 e. The number of pyridine rings is 1. The minimum absolute atomic E-state index is 0.0265. The van der Waals surface area contributed by atoms with Crippen LogP contribution in [0.1, 0.15) is 41.2 Å². The number of carboxylic acid groups (broad SMARTS) is 1. The van der Waals surface area contributed by atoms with Crippen LogP contribution >= 0.6 is 11.6 Å². The van der Waals surface area contributed by atoms with E-state index in [-0.39, 0.29) is 10.7 Å². The Balaban J connectivity index is 2.42. The van der Waals surface area contributed by atoms with E-state index in [1.54, 1.807) is 0 Å². The predicted molar refractivity (Wildman–Crippen MR) is 57.2 cm³/mol. The molecular formula is C10H11ClN2O2. The molecule has 0 amide bonds. The van der Waals surface area contributed by atoms with Crippen molar-refractivity contribution in [3.05, 3.63) is 22.5 Å². The summed E-state index contributed by atoms with van der Waals surface area (Å²) in [4.78, 5) is 14.8. The average Bonchev–Trinajstić information content (AvgIpc) is 2.07. The van der Waals surface area contributed by atoms with Gasteiger partial charge in [0.15, 0.2) is 0 Å². The molecular weight excluding hydrogens is 216 g/mol. The van der Waals surface area contributed by atoms with Crippen molar-refractivity contribution in [2.24, 2.45) is 0 Å². The van der Waals surface area contributed by atoms with Gasteiger partial charge >= 0.3 is 5.97 Å². The minimum atomic E-state index is -1.10. The molecule has 4 nitrogen and oxygen atoms in total. The number of nitrogens with two attached hydrogens (primary N) is 1. The van der Waals surface area contributed by atoms with E-state index in [2.05, 4.69) is 4.98 Å². The molecule has 0 bridgehead atoms. The fourth-order valence-electron chi connectivity index (χ4n) is 1.68. The first-order chi connectivity index (χ1) is 7.09. The molecule has 0 saturated heterocycles. The van der Waals surface area contributed by atoms with Gasteiger partial charge in [0.05, 0.1) is 16.9 Å². The second kappa shape index (κ2) is 3.70. The number of nitrogen functional groups attached to an aromatic ring is 1. The second-order valence-corrected chi connectivity index (χ2v) is 4.09. The quantitative estimate of drug-likeness (QED) is 0.759. The number of carboxylic acids is 1. The van der Waals surface area contributed by atoms with E-state index in [0.29, 0.717) is 11.6 Å². The highest BCUT2D eigenvalue weighted by Crippen LogP contribution is 2.38. The molecule has 0 spiro atoms. The van der Waals surface area contributed by atoms with Crippen molar-refractivity contribution in [1.29, 1.82) is 0 Å². The van der Waals surface area contributed by atoms with Crippen LogP contribution in [0.5, 0.6) is 0 Å². The molecule has 0 atom stereocenters. The molecule has 1 aromatic heterocycles. The van der Waals surface area contributed by atoms with E-state index in [9.17, 15) is 4.79 Å². The van der Waals surface area contributed by atoms with E-state index in [1.165, 1.54) is 12.5 Å². The molecule has 3 N–H and O–H groups in total. The maximum Gasteiger partial charge on any atom is 0.338 e. The molecule has 1 aromatic rings. The Labute approximate surface area is 92.1 Å². The number of aromatic carboxylic acids is 1. The number of carbonyl (C=O) groups is 1. The topological polar surface area (TPSA) is 76.2 Å². The summed E-state index contributed by atoms with van der Waals surface area (Å²) in [6, 6.07) is 1.39. The molecule has 0 aromatic carbocycles. The van der Waals surface area contributed by atoms with Crippen LogP contribution in [-0.2, 0) is 0 Å². The van der Waals surface area contributed by atoms with Crippen LogP contribution in [0.4, 0.5) is 5.69 Å². The summed E-state index contributed by atoms with van der Waals surface area (Å²) in [5.74, 6) is -0.746. The largest absolute Gasteiger partial charge is 0.478 e. The fourth-order valence-corrected chi connectivity index (χ4v) is 1.90. The van der Waals surface area contributed by atoms with Crippen LogP contribution < -0.4 is 5.73 Å². The third-order valence-corrected chi connectivity index (χ3v) is 3.05. The lowest BCUT2D eigenvalue weighted by molar-refractivity contribution is 0.0696. The molecule has 1 aliphatic carbocycles. The zero-order chi connectivity index (χ0) is 11.0. The lowest BCUT2D eigenvalue weighted by Crippen LogP contribution is -2.14. The van der Waals surface area contributed by atoms with Crippen LogP contribution in [0.25, 0.3) is 0 Å². The van der Waals surface area contributed by atoms with Gasteiger partial charge in [0.2, 0.25) is 0 Å². The van der Waals surface area contributed by atoms with Gasteiger partial charge in [-0.3, -0.25) is 0 Å². The van der Waals surface area contributed by atoms with Gasteiger partial charge in [-0.2, -0.15) is 0 Å². The van der Waals surface area contributed by atoms with Crippen LogP contribution in [0, 0.1) is 0 Å². The normalized spacial score (nSPS) is 16.1. The molecule has 15 heavy (non-hydrogen) atoms. The fraction of sp³-hybridized carbons (Fsp3) is 0.400. The molecule has 1 saturated carbocycles. The van der Waals surface area contributed by atoms with Crippen molar-refractivity contribution in [2.75, 3.05) is 5.73 Å². The first-order valence-electron chi connectivity index (χ1n) is 4.79. The number of rotatable bonds is 2. The van der Waals surface area contributed by atoms with Crippen LogP contribution in [-0.4, -0.2) is 16.1 Å². The summed E-state index contributed by atoms with van der Waals surface area (Å²) in [5.41, 5.74) is 6.90. The van der Waals surface area contributed by atoms with Gasteiger partial charge in [-0.1, -0.05) is 18.0 Å². The first kappa shape index (κ1) is 10.2. The number of nitrogens with zero attached hydrogens (tertiary/aromatic N) is 1. The molecule has 1 aliphatic rings. The summed E-state index contributed by atoms with van der Waals surface area (Å²) in [7, 11) is 0. The third kappa shape index (κ3) is 1.77. The van der Waals surface area contributed by atoms with Gasteiger partial charge < -0.3 is 10.8 Å². The van der Waals surface area contributed by atoms with E-state index in [0.717, 1.165) is 18.5 Å². The highest BCUT2D eigenvalue weighted by atomic mass is 35.5. The number of hydrogen-bond acceptors (Lipinski definition) is 3. The number of halogens is 1. The molecule has 0 aliphatic heterocycles. The Bertz CT molecular complexity index is 416. The van der Waals surface area contributed by atoms with Crippen molar-refractivity contribution in [3.63, 3.8) is 0 Å². The van der Waals surface area contributed by atoms with E-state index >= 15 is 0 Å². The lowest BCUT2D eigenvalue weighted by Gasteiger charge is -2.26. The standard InChI is InChI=1S/C10H11ClN2O2/c11-9-6(10(14)15)4-7(12)8(13-9)5-2-1-3-5/h4-5H,1-3,12H2,(H,14,15). The van der Waals surface area contributed by atoms with Crippen molar-refractivity contribution >= 4 is 23.3 Å². The molecule has 2 rings (SSSR count). The highest BCUT2D eigenvalue weighted by molar-refractivity contribution is 6.32. The van der Waals surface area contributed by atoms with Crippen molar-refractivity contribution in [1.82, 2.24) is 4.98 Å². The summed E-state index contributed by atoms with van der Waals surface area (Å²) in [6.07, 6.45) is 3.28. The predicted octanol–water partition coefficient (Wildman–Crippen LogP) is 2.28. The van der Waals surface area contributed by atoms with E-state index < -0.39 is 5.97 Å². The van der Waals surface area contributed by atoms with Crippen LogP contribution in [0.15, 0.2) is 6.07 Å². The molecule has 1 heterocycles. The van der Waals surface area contributed by atoms with Crippen LogP contribution in [0.3, 0.4) is 0 Å². The zero-order valence-corrected chi connectivity index (χ0v) is 8.79. The van der Waals surface area contributed by atoms with Crippen molar-refractivity contribution in [2.45, 2.75) is 25.2 Å². The molecule has 0 unspecified atom stereocenters. The maximum atomic E-state index is 10.8. The Morgan fingerprint density at radius 1 is 1.60 bits per heavy atom. The summed E-state index contributed by atoms with van der Waals surface area (Å²) in [6.45, 7) is 0. The Hall–Kier alpha value is -1.29. The average molecular weight is 227 g/mol. The molecule has 80 valence electrons. The number of aromatic nitrogens is 1. The Kier molecular flexibility index (Phi) is 2.52. The van der Waals surface area contributed by atoms with Gasteiger partial charge in [0.1, 0.15) is 5.15 Å². The molecule has 0 radical (unpaired) electrons. The number of anilines is 1. The Morgan fingerprint density at radius 2 is 2.27 bits per heavy atom. The van der Waals surface area contributed by atoms with Gasteiger partial charge in [-0.15, -0.1) is 0 Å². The SMILES string of the molecule is Nc1cc(C(=O)O)c(Cl)nc1C1CCC1. The summed E-state index contributed by atoms with van der Waals surface area (Å²) < 4.78 is 0. The van der Waals surface area contributed by atoms with E-state index in [4.69, 9.17) is 22.4 Å². The smallest absolute Gasteiger partial charge is 0.338 e. The third-order valence-electron chi connectivity index (χ3n) is 2.76. The van der Waals surface area contributed by atoms with Crippen molar-refractivity contribution < 1.29 is 9.90 Å². The number of hydrogen-bond donors (Lipinski definition) is 2. The van der Waals surface area contributed by atoms with Crippen molar-refractivity contribution in [3.8, 4) is 0 Å². The second-order valence-electron chi connectivity index (χ2n) is 3.73. The summed E-state index contributed by atoms with van der Waals surface area (Å²) >= 11 is 5.77. The van der Waals surface area contributed by atoms with Gasteiger partial charge in [0.25, 0.3) is 0 Å². The van der Waals surface area contributed by atoms with E-state index in [1.807, 2.05) is 0 Å². The lowest BCUT2D eigenvalue weighted by atomic mass is 9.82. The first-order valence-corrected chi connectivity index (χ1v) is 5.16. The molecule has 5 heteroatoms. The monoisotopic (exact) mass is 226 g/mol. The highest BCUT2D eigenvalue weighted by Gasteiger charge is 2.25. The van der Waals surface area contributed by atoms with Gasteiger partial charge in [0, 0.05) is 5.92 Å². The van der Waals surface area contributed by atoms with Crippen LogP contribution in [0.2, 0.25) is 5.15 Å². The zero-order valence-electron chi connectivity index (χ0n) is 8.03. The Morgan fingerprint density at radius 3 is 2.73 bits per heavy atom. The summed E-state index contributed by atoms with van der Waals surface area (Å²) in [5, 5.41) is 8.84.